The molecule has 3 aromatic heterocycles. The van der Waals surface area contributed by atoms with Crippen molar-refractivity contribution in [3.63, 3.8) is 0 Å². The minimum atomic E-state index is 0.911. The maximum absolute atomic E-state index is 6.40. The molecule has 234 valence electrons. The Labute approximate surface area is 290 Å². The lowest BCUT2D eigenvalue weighted by Gasteiger charge is -2.26. The molecule has 0 N–H and O–H groups in total. The Morgan fingerprint density at radius 1 is 0.380 bits per heavy atom. The third-order valence-electron chi connectivity index (χ3n) is 10.0. The molecule has 3 nitrogen and oxygen atoms in total. The first-order valence-electron chi connectivity index (χ1n) is 16.8. The average Bonchev–Trinajstić information content (AvgIpc) is 3.89. The van der Waals surface area contributed by atoms with Gasteiger partial charge in [-0.3, -0.25) is 0 Å². The predicted octanol–water partition coefficient (Wildman–Crippen LogP) is 14.1. The lowest BCUT2D eigenvalue weighted by atomic mass is 10.0. The molecule has 0 unspecified atom stereocenters. The molecule has 0 spiro atoms. The van der Waals surface area contributed by atoms with Gasteiger partial charge >= 0.3 is 0 Å². The van der Waals surface area contributed by atoms with Crippen molar-refractivity contribution in [1.82, 2.24) is 0 Å². The molecule has 50 heavy (non-hydrogen) atoms. The Hall–Kier alpha value is -6.36. The van der Waals surface area contributed by atoms with Gasteiger partial charge < -0.3 is 13.7 Å². The van der Waals surface area contributed by atoms with Gasteiger partial charge in [-0.1, -0.05) is 78.9 Å². The number of thiophene rings is 1. The van der Waals surface area contributed by atoms with E-state index >= 15 is 0 Å². The van der Waals surface area contributed by atoms with Crippen molar-refractivity contribution in [2.75, 3.05) is 4.90 Å². The van der Waals surface area contributed by atoms with E-state index in [1.807, 2.05) is 35.6 Å². The van der Waals surface area contributed by atoms with Crippen LogP contribution in [0, 0.1) is 0 Å². The Bertz CT molecular complexity index is 2920. The molecule has 0 saturated carbocycles. The van der Waals surface area contributed by atoms with Crippen molar-refractivity contribution >= 4 is 104 Å². The van der Waals surface area contributed by atoms with Crippen molar-refractivity contribution in [3.05, 3.63) is 164 Å². The Morgan fingerprint density at radius 2 is 0.900 bits per heavy atom. The second kappa shape index (κ2) is 10.6. The number of hydrogen-bond acceptors (Lipinski definition) is 4. The van der Waals surface area contributed by atoms with E-state index in [2.05, 4.69) is 144 Å². The van der Waals surface area contributed by atoms with Crippen molar-refractivity contribution in [3.8, 4) is 10.4 Å². The lowest BCUT2D eigenvalue weighted by Crippen LogP contribution is -2.09. The molecule has 3 heterocycles. The molecular formula is C46H27NO2S. The summed E-state index contributed by atoms with van der Waals surface area (Å²) < 4.78 is 14.1. The summed E-state index contributed by atoms with van der Waals surface area (Å²) in [6.45, 7) is 0. The molecule has 11 aromatic rings. The first-order valence-corrected chi connectivity index (χ1v) is 17.6. The number of furan rings is 2. The third kappa shape index (κ3) is 4.16. The van der Waals surface area contributed by atoms with E-state index in [1.54, 1.807) is 0 Å². The van der Waals surface area contributed by atoms with Gasteiger partial charge in [-0.2, -0.15) is 0 Å². The Kier molecular flexibility index (Phi) is 5.83. The van der Waals surface area contributed by atoms with Crippen LogP contribution in [0.4, 0.5) is 17.1 Å². The van der Waals surface area contributed by atoms with Gasteiger partial charge in [0.1, 0.15) is 22.3 Å². The van der Waals surface area contributed by atoms with Crippen LogP contribution in [0.1, 0.15) is 0 Å². The zero-order chi connectivity index (χ0) is 32.8. The molecule has 11 rings (SSSR count). The zero-order valence-corrected chi connectivity index (χ0v) is 27.6. The third-order valence-corrected chi connectivity index (χ3v) is 11.2. The van der Waals surface area contributed by atoms with E-state index in [0.717, 1.165) is 82.5 Å². The average molecular weight is 658 g/mol. The summed E-state index contributed by atoms with van der Waals surface area (Å²) >= 11 is 1.83. The number of rotatable bonds is 4. The van der Waals surface area contributed by atoms with Crippen LogP contribution < -0.4 is 4.90 Å². The zero-order valence-electron chi connectivity index (χ0n) is 26.8. The van der Waals surface area contributed by atoms with Gasteiger partial charge in [0.05, 0.1) is 0 Å². The molecule has 0 amide bonds. The van der Waals surface area contributed by atoms with Crippen LogP contribution in [-0.4, -0.2) is 0 Å². The van der Waals surface area contributed by atoms with Gasteiger partial charge in [0.25, 0.3) is 0 Å². The highest BCUT2D eigenvalue weighted by molar-refractivity contribution is 7.22. The summed E-state index contributed by atoms with van der Waals surface area (Å²) in [5, 5.41) is 10.3. The van der Waals surface area contributed by atoms with Crippen molar-refractivity contribution in [1.29, 1.82) is 0 Å². The van der Waals surface area contributed by atoms with Crippen LogP contribution in [0.3, 0.4) is 0 Å². The number of para-hydroxylation sites is 2. The SMILES string of the molecule is c1ccc2sc(-c3ccc(N(c4ccc5c(ccc6c7ccccc7oc56)c4)c4ccc5c(ccc6c7ccccc7oc56)c4)cc3)cc2c1. The summed E-state index contributed by atoms with van der Waals surface area (Å²) in [6, 6.07) is 58.5. The van der Waals surface area contributed by atoms with E-state index in [1.165, 1.54) is 20.5 Å². The van der Waals surface area contributed by atoms with Gasteiger partial charge in [-0.05, 0) is 107 Å². The van der Waals surface area contributed by atoms with Crippen LogP contribution >= 0.6 is 11.3 Å². The van der Waals surface area contributed by atoms with E-state index in [0.29, 0.717) is 0 Å². The van der Waals surface area contributed by atoms with Crippen molar-refractivity contribution in [2.24, 2.45) is 0 Å². The lowest BCUT2D eigenvalue weighted by molar-refractivity contribution is 0.672. The second-order valence-corrected chi connectivity index (χ2v) is 14.0. The van der Waals surface area contributed by atoms with Crippen LogP contribution in [0.15, 0.2) is 173 Å². The van der Waals surface area contributed by atoms with Gasteiger partial charge in [0.15, 0.2) is 0 Å². The largest absolute Gasteiger partial charge is 0.455 e. The minimum Gasteiger partial charge on any atom is -0.455 e. The fraction of sp³-hybridized carbons (Fsp3) is 0. The maximum Gasteiger partial charge on any atom is 0.143 e. The van der Waals surface area contributed by atoms with Gasteiger partial charge in [0.2, 0.25) is 0 Å². The highest BCUT2D eigenvalue weighted by atomic mass is 32.1. The quantitative estimate of drug-likeness (QED) is 0.189. The molecule has 0 atom stereocenters. The van der Waals surface area contributed by atoms with Crippen LogP contribution in [0.2, 0.25) is 0 Å². The monoisotopic (exact) mass is 657 g/mol. The molecule has 8 aromatic carbocycles. The van der Waals surface area contributed by atoms with Crippen molar-refractivity contribution in [2.45, 2.75) is 0 Å². The van der Waals surface area contributed by atoms with Crippen LogP contribution in [0.5, 0.6) is 0 Å². The highest BCUT2D eigenvalue weighted by Crippen LogP contribution is 2.43. The van der Waals surface area contributed by atoms with Gasteiger partial charge in [-0.15, -0.1) is 11.3 Å². The number of anilines is 3. The first kappa shape index (κ1) is 27.6. The Balaban J connectivity index is 1.08. The maximum atomic E-state index is 6.40. The number of nitrogens with zero attached hydrogens (tertiary/aromatic N) is 1. The normalized spacial score (nSPS) is 12.0. The van der Waals surface area contributed by atoms with Crippen LogP contribution in [0.25, 0.3) is 85.9 Å². The molecule has 0 fully saturated rings. The van der Waals surface area contributed by atoms with E-state index < -0.39 is 0 Å². The molecule has 0 aliphatic carbocycles. The topological polar surface area (TPSA) is 29.5 Å². The van der Waals surface area contributed by atoms with Gasteiger partial charge in [-0.25, -0.2) is 0 Å². The van der Waals surface area contributed by atoms with E-state index in [9.17, 15) is 0 Å². The summed E-state index contributed by atoms with van der Waals surface area (Å²) in [5.41, 5.74) is 8.13. The van der Waals surface area contributed by atoms with Crippen molar-refractivity contribution < 1.29 is 8.83 Å². The summed E-state index contributed by atoms with van der Waals surface area (Å²) in [6.07, 6.45) is 0. The van der Waals surface area contributed by atoms with E-state index in [4.69, 9.17) is 8.83 Å². The highest BCUT2D eigenvalue weighted by Gasteiger charge is 2.18. The fourth-order valence-electron chi connectivity index (χ4n) is 7.62. The number of benzene rings is 8. The second-order valence-electron chi connectivity index (χ2n) is 12.9. The molecular weight excluding hydrogens is 631 g/mol. The minimum absolute atomic E-state index is 0.911. The molecule has 4 heteroatoms. The predicted molar refractivity (Wildman–Crippen MR) is 212 cm³/mol. The first-order chi connectivity index (χ1) is 24.7. The Morgan fingerprint density at radius 3 is 1.50 bits per heavy atom. The molecule has 0 aliphatic heterocycles. The molecule has 0 aliphatic rings. The van der Waals surface area contributed by atoms with Gasteiger partial charge in [0, 0.05) is 59.0 Å². The summed E-state index contributed by atoms with van der Waals surface area (Å²) in [5.74, 6) is 0. The summed E-state index contributed by atoms with van der Waals surface area (Å²) in [4.78, 5) is 3.62. The number of fused-ring (bicyclic) bond motifs is 11. The molecule has 0 saturated heterocycles. The standard InChI is InChI=1S/C46H27NO2S/c1-6-12-43-31(7-1)27-44(50-43)28-13-17-32(18-14-28)47(33-19-23-35-29(25-33)15-21-39-37-8-2-4-10-41(37)48-45(35)39)34-20-24-36-30(26-34)16-22-40-38-9-3-5-11-42(38)49-46(36)40/h1-27H. The molecule has 0 bridgehead atoms. The number of hydrogen-bond donors (Lipinski definition) is 0. The smallest absolute Gasteiger partial charge is 0.143 e. The van der Waals surface area contributed by atoms with E-state index in [-0.39, 0.29) is 0 Å². The fourth-order valence-corrected chi connectivity index (χ4v) is 8.69. The van der Waals surface area contributed by atoms with Crippen LogP contribution in [-0.2, 0) is 0 Å². The summed E-state index contributed by atoms with van der Waals surface area (Å²) in [7, 11) is 0. The molecule has 0 radical (unpaired) electrons.